The first kappa shape index (κ1) is 7.06. The van der Waals surface area contributed by atoms with E-state index in [9.17, 15) is 4.79 Å². The van der Waals surface area contributed by atoms with Gasteiger partial charge in [-0.05, 0) is 12.8 Å². The molecule has 11 heavy (non-hydrogen) atoms. The van der Waals surface area contributed by atoms with Gasteiger partial charge in [0.25, 0.3) is 0 Å². The summed E-state index contributed by atoms with van der Waals surface area (Å²) in [6, 6.07) is 0. The molecule has 0 spiro atoms. The van der Waals surface area contributed by atoms with E-state index in [1.807, 2.05) is 0 Å². The van der Waals surface area contributed by atoms with Gasteiger partial charge >= 0.3 is 4.87 Å². The van der Waals surface area contributed by atoms with Crippen LogP contribution in [0.3, 0.4) is 0 Å². The summed E-state index contributed by atoms with van der Waals surface area (Å²) in [5, 5.41) is 0. The number of aromatic amines is 1. The highest BCUT2D eigenvalue weighted by Crippen LogP contribution is 2.40. The maximum absolute atomic E-state index is 10.9. The van der Waals surface area contributed by atoms with E-state index >= 15 is 0 Å². The summed E-state index contributed by atoms with van der Waals surface area (Å²) in [6.45, 7) is 0.495. The van der Waals surface area contributed by atoms with Crippen LogP contribution < -0.4 is 10.6 Å². The molecule has 4 heteroatoms. The number of H-pyrrole nitrogens is 1. The average molecular weight is 170 g/mol. The zero-order valence-electron chi connectivity index (χ0n) is 6.09. The molecule has 0 saturated heterocycles. The maximum atomic E-state index is 10.9. The third-order valence-corrected chi connectivity index (χ3v) is 2.84. The molecule has 0 radical (unpaired) electrons. The molecule has 3 N–H and O–H groups in total. The van der Waals surface area contributed by atoms with Crippen molar-refractivity contribution in [1.29, 1.82) is 0 Å². The molecule has 1 heterocycles. The first-order chi connectivity index (χ1) is 5.31. The zero-order valence-corrected chi connectivity index (χ0v) is 6.91. The van der Waals surface area contributed by atoms with Crippen molar-refractivity contribution in [2.75, 3.05) is 0 Å². The molecule has 2 rings (SSSR count). The predicted molar refractivity (Wildman–Crippen MR) is 44.8 cm³/mol. The van der Waals surface area contributed by atoms with Crippen molar-refractivity contribution in [3.8, 4) is 0 Å². The lowest BCUT2D eigenvalue weighted by Gasteiger charge is -1.94. The minimum absolute atomic E-state index is 0.0346. The Morgan fingerprint density at radius 2 is 2.36 bits per heavy atom. The monoisotopic (exact) mass is 170 g/mol. The summed E-state index contributed by atoms with van der Waals surface area (Å²) in [5.41, 5.74) is 6.58. The molecule has 1 aromatic heterocycles. The fourth-order valence-corrected chi connectivity index (χ4v) is 2.02. The van der Waals surface area contributed by atoms with E-state index in [-0.39, 0.29) is 4.87 Å². The van der Waals surface area contributed by atoms with Crippen LogP contribution in [-0.2, 0) is 6.54 Å². The van der Waals surface area contributed by atoms with Crippen molar-refractivity contribution in [2.45, 2.75) is 25.3 Å². The SMILES string of the molecule is NCc1sc(=O)[nH]c1C1CC1. The first-order valence-electron chi connectivity index (χ1n) is 3.73. The minimum atomic E-state index is 0.0346. The molecule has 3 nitrogen and oxygen atoms in total. The number of rotatable bonds is 2. The molecule has 1 saturated carbocycles. The van der Waals surface area contributed by atoms with Gasteiger partial charge in [0, 0.05) is 23.0 Å². The third-order valence-electron chi connectivity index (χ3n) is 1.92. The second-order valence-corrected chi connectivity index (χ2v) is 3.90. The second kappa shape index (κ2) is 2.46. The van der Waals surface area contributed by atoms with Crippen LogP contribution in [0.1, 0.15) is 29.3 Å². The van der Waals surface area contributed by atoms with Crippen LogP contribution in [-0.4, -0.2) is 4.98 Å². The number of nitrogens with one attached hydrogen (secondary N) is 1. The van der Waals surface area contributed by atoms with Gasteiger partial charge in [-0.15, -0.1) is 0 Å². The van der Waals surface area contributed by atoms with E-state index < -0.39 is 0 Å². The molecule has 0 atom stereocenters. The van der Waals surface area contributed by atoms with Crippen molar-refractivity contribution in [3.05, 3.63) is 20.2 Å². The molecule has 1 aliphatic carbocycles. The molecule has 60 valence electrons. The lowest BCUT2D eigenvalue weighted by atomic mass is 10.2. The Hall–Kier alpha value is -0.610. The lowest BCUT2D eigenvalue weighted by Crippen LogP contribution is -1.97. The molecule has 0 aromatic carbocycles. The molecule has 1 aromatic rings. The van der Waals surface area contributed by atoms with Gasteiger partial charge in [-0.1, -0.05) is 11.3 Å². The van der Waals surface area contributed by atoms with Crippen molar-refractivity contribution in [2.24, 2.45) is 5.73 Å². The number of aromatic nitrogens is 1. The topological polar surface area (TPSA) is 58.9 Å². The highest BCUT2D eigenvalue weighted by molar-refractivity contribution is 7.09. The average Bonchev–Trinajstić information content (AvgIpc) is 2.75. The van der Waals surface area contributed by atoms with Crippen LogP contribution in [0.4, 0.5) is 0 Å². The van der Waals surface area contributed by atoms with Crippen molar-refractivity contribution in [1.82, 2.24) is 4.98 Å². The summed E-state index contributed by atoms with van der Waals surface area (Å²) in [4.78, 5) is 14.8. The Balaban J connectivity index is 2.42. The van der Waals surface area contributed by atoms with Gasteiger partial charge in [-0.2, -0.15) is 0 Å². The minimum Gasteiger partial charge on any atom is -0.326 e. The molecule has 0 bridgehead atoms. The van der Waals surface area contributed by atoms with Gasteiger partial charge in [0.1, 0.15) is 0 Å². The second-order valence-electron chi connectivity index (χ2n) is 2.83. The number of hydrogen-bond donors (Lipinski definition) is 2. The summed E-state index contributed by atoms with van der Waals surface area (Å²) in [5.74, 6) is 0.604. The van der Waals surface area contributed by atoms with Gasteiger partial charge in [0.05, 0.1) is 0 Å². The quantitative estimate of drug-likeness (QED) is 0.688. The van der Waals surface area contributed by atoms with Crippen molar-refractivity contribution < 1.29 is 0 Å². The summed E-state index contributed by atoms with van der Waals surface area (Å²) in [6.07, 6.45) is 2.42. The molecule has 1 fully saturated rings. The highest BCUT2D eigenvalue weighted by Gasteiger charge is 2.27. The van der Waals surface area contributed by atoms with E-state index in [4.69, 9.17) is 5.73 Å². The third kappa shape index (κ3) is 1.23. The number of thiazole rings is 1. The van der Waals surface area contributed by atoms with E-state index in [2.05, 4.69) is 4.98 Å². The molecular formula is C7H10N2OS. The van der Waals surface area contributed by atoms with Crippen LogP contribution in [0.5, 0.6) is 0 Å². The van der Waals surface area contributed by atoms with Crippen molar-refractivity contribution >= 4 is 11.3 Å². The summed E-state index contributed by atoms with van der Waals surface area (Å²) >= 11 is 1.25. The Labute approximate surface area is 68.2 Å². The fourth-order valence-electron chi connectivity index (χ4n) is 1.23. The van der Waals surface area contributed by atoms with Gasteiger partial charge < -0.3 is 10.7 Å². The molecule has 0 amide bonds. The lowest BCUT2D eigenvalue weighted by molar-refractivity contribution is 0.971. The number of nitrogens with two attached hydrogens (primary N) is 1. The van der Waals surface area contributed by atoms with Crippen LogP contribution >= 0.6 is 11.3 Å². The summed E-state index contributed by atoms with van der Waals surface area (Å²) < 4.78 is 0. The van der Waals surface area contributed by atoms with Crippen LogP contribution in [0.25, 0.3) is 0 Å². The Bertz CT molecular complexity index is 310. The molecule has 0 unspecified atom stereocenters. The van der Waals surface area contributed by atoms with E-state index in [0.29, 0.717) is 12.5 Å². The van der Waals surface area contributed by atoms with Crippen LogP contribution in [0.15, 0.2) is 4.79 Å². The molecule has 0 aliphatic heterocycles. The fraction of sp³-hybridized carbons (Fsp3) is 0.571. The number of hydrogen-bond acceptors (Lipinski definition) is 3. The standard InChI is InChI=1S/C7H10N2OS/c8-3-5-6(4-1-2-4)9-7(10)11-5/h4H,1-3,8H2,(H,9,10). The van der Waals surface area contributed by atoms with Gasteiger partial charge in [-0.3, -0.25) is 4.79 Å². The van der Waals surface area contributed by atoms with Gasteiger partial charge in [-0.25, -0.2) is 0 Å². The van der Waals surface area contributed by atoms with Gasteiger partial charge in [0.2, 0.25) is 0 Å². The Kier molecular flexibility index (Phi) is 1.58. The molecular weight excluding hydrogens is 160 g/mol. The maximum Gasteiger partial charge on any atom is 0.304 e. The van der Waals surface area contributed by atoms with Crippen LogP contribution in [0, 0.1) is 0 Å². The van der Waals surface area contributed by atoms with E-state index in [0.717, 1.165) is 10.6 Å². The van der Waals surface area contributed by atoms with Gasteiger partial charge in [0.15, 0.2) is 0 Å². The molecule has 1 aliphatic rings. The van der Waals surface area contributed by atoms with Crippen molar-refractivity contribution in [3.63, 3.8) is 0 Å². The Morgan fingerprint density at radius 1 is 1.64 bits per heavy atom. The predicted octanol–water partition coefficient (Wildman–Crippen LogP) is 0.773. The van der Waals surface area contributed by atoms with Crippen LogP contribution in [0.2, 0.25) is 0 Å². The van der Waals surface area contributed by atoms with E-state index in [1.165, 1.54) is 24.2 Å². The smallest absolute Gasteiger partial charge is 0.304 e. The Morgan fingerprint density at radius 3 is 2.91 bits per heavy atom. The largest absolute Gasteiger partial charge is 0.326 e. The summed E-state index contributed by atoms with van der Waals surface area (Å²) in [7, 11) is 0. The normalized spacial score (nSPS) is 17.2. The highest BCUT2D eigenvalue weighted by atomic mass is 32.1. The zero-order chi connectivity index (χ0) is 7.84. The first-order valence-corrected chi connectivity index (χ1v) is 4.55. The van der Waals surface area contributed by atoms with E-state index in [1.54, 1.807) is 0 Å².